The lowest BCUT2D eigenvalue weighted by molar-refractivity contribution is -0.137. The van der Waals surface area contributed by atoms with Crippen LogP contribution >= 0.6 is 11.6 Å². The highest BCUT2D eigenvalue weighted by Crippen LogP contribution is 2.36. The third-order valence-electron chi connectivity index (χ3n) is 3.55. The molecule has 0 saturated heterocycles. The van der Waals surface area contributed by atoms with Gasteiger partial charge in [-0.05, 0) is 23.8 Å². The van der Waals surface area contributed by atoms with E-state index in [1.54, 1.807) is 12.1 Å². The number of nitrogens with one attached hydrogen (secondary N) is 1. The predicted molar refractivity (Wildman–Crippen MR) is 92.6 cm³/mol. The number of halogens is 4. The molecule has 0 spiro atoms. The predicted octanol–water partition coefficient (Wildman–Crippen LogP) is 4.35. The van der Waals surface area contributed by atoms with Crippen molar-refractivity contribution in [3.05, 3.63) is 64.7 Å². The van der Waals surface area contributed by atoms with Gasteiger partial charge in [0.25, 0.3) is 0 Å². The zero-order valence-corrected chi connectivity index (χ0v) is 14.6. The molecule has 0 aliphatic carbocycles. The number of alkyl halides is 3. The summed E-state index contributed by atoms with van der Waals surface area (Å²) in [6.45, 7) is 1.26. The van der Waals surface area contributed by atoms with Crippen LogP contribution < -0.4 is 5.32 Å². The van der Waals surface area contributed by atoms with Crippen LogP contribution in [0.2, 0.25) is 5.02 Å². The standard InChI is InChI=1S/C18H16ClF3N2O2/c1-12(25)24(10-13-5-3-2-4-6-13)11-17(26)23-14-7-8-16(19)15(9-14)18(20,21)22/h2-9H,10-11H2,1H3,(H,23,26). The second-order valence-corrected chi connectivity index (χ2v) is 6.01. The molecule has 0 aliphatic heterocycles. The number of hydrogen-bond acceptors (Lipinski definition) is 2. The van der Waals surface area contributed by atoms with Crippen molar-refractivity contribution in [3.63, 3.8) is 0 Å². The van der Waals surface area contributed by atoms with Gasteiger partial charge in [-0.3, -0.25) is 9.59 Å². The van der Waals surface area contributed by atoms with Crippen LogP contribution in [-0.2, 0) is 22.3 Å². The molecule has 138 valence electrons. The summed E-state index contributed by atoms with van der Waals surface area (Å²) >= 11 is 5.55. The molecular formula is C18H16ClF3N2O2. The summed E-state index contributed by atoms with van der Waals surface area (Å²) in [5.74, 6) is -0.928. The highest BCUT2D eigenvalue weighted by molar-refractivity contribution is 6.31. The first-order chi connectivity index (χ1) is 12.2. The van der Waals surface area contributed by atoms with Crippen LogP contribution in [0.1, 0.15) is 18.1 Å². The molecule has 0 heterocycles. The van der Waals surface area contributed by atoms with E-state index in [-0.39, 0.29) is 24.7 Å². The Balaban J connectivity index is 2.08. The molecular weight excluding hydrogens is 369 g/mol. The third kappa shape index (κ3) is 5.49. The highest BCUT2D eigenvalue weighted by atomic mass is 35.5. The lowest BCUT2D eigenvalue weighted by atomic mass is 10.2. The summed E-state index contributed by atoms with van der Waals surface area (Å²) in [7, 11) is 0. The van der Waals surface area contributed by atoms with Crippen molar-refractivity contribution in [2.45, 2.75) is 19.6 Å². The van der Waals surface area contributed by atoms with Crippen molar-refractivity contribution in [2.75, 3.05) is 11.9 Å². The maximum Gasteiger partial charge on any atom is 0.417 e. The van der Waals surface area contributed by atoms with Crippen molar-refractivity contribution in [1.29, 1.82) is 0 Å². The zero-order valence-electron chi connectivity index (χ0n) is 13.8. The van der Waals surface area contributed by atoms with E-state index in [1.807, 2.05) is 18.2 Å². The fraction of sp³-hybridized carbons (Fsp3) is 0.222. The fourth-order valence-electron chi connectivity index (χ4n) is 2.28. The van der Waals surface area contributed by atoms with Crippen LogP contribution in [0.25, 0.3) is 0 Å². The molecule has 8 heteroatoms. The average Bonchev–Trinajstić information content (AvgIpc) is 2.56. The Hall–Kier alpha value is -2.54. The molecule has 0 unspecified atom stereocenters. The van der Waals surface area contributed by atoms with Crippen LogP contribution in [0.4, 0.5) is 18.9 Å². The number of carbonyl (C=O) groups excluding carboxylic acids is 2. The first kappa shape index (κ1) is 19.8. The van der Waals surface area contributed by atoms with Crippen LogP contribution in [0, 0.1) is 0 Å². The van der Waals surface area contributed by atoms with Crippen LogP contribution in [-0.4, -0.2) is 23.3 Å². The third-order valence-corrected chi connectivity index (χ3v) is 3.88. The fourth-order valence-corrected chi connectivity index (χ4v) is 2.50. The summed E-state index contributed by atoms with van der Waals surface area (Å²) < 4.78 is 38.6. The van der Waals surface area contributed by atoms with Gasteiger partial charge in [0, 0.05) is 19.2 Å². The maximum absolute atomic E-state index is 12.9. The van der Waals surface area contributed by atoms with Crippen molar-refractivity contribution in [1.82, 2.24) is 4.90 Å². The Kier molecular flexibility index (Phi) is 6.26. The Morgan fingerprint density at radius 3 is 2.35 bits per heavy atom. The van der Waals surface area contributed by atoms with E-state index in [9.17, 15) is 22.8 Å². The van der Waals surface area contributed by atoms with E-state index in [4.69, 9.17) is 11.6 Å². The van der Waals surface area contributed by atoms with Crippen LogP contribution in [0.15, 0.2) is 48.5 Å². The van der Waals surface area contributed by atoms with Gasteiger partial charge in [0.2, 0.25) is 11.8 Å². The van der Waals surface area contributed by atoms with Gasteiger partial charge in [0.05, 0.1) is 10.6 Å². The van der Waals surface area contributed by atoms with E-state index in [2.05, 4.69) is 5.32 Å². The van der Waals surface area contributed by atoms with Gasteiger partial charge >= 0.3 is 6.18 Å². The Labute approximate surface area is 153 Å². The van der Waals surface area contributed by atoms with Gasteiger partial charge in [-0.2, -0.15) is 13.2 Å². The quantitative estimate of drug-likeness (QED) is 0.833. The van der Waals surface area contributed by atoms with E-state index in [0.717, 1.165) is 17.7 Å². The molecule has 2 aromatic rings. The summed E-state index contributed by atoms with van der Waals surface area (Å²) in [5.41, 5.74) is -0.249. The largest absolute Gasteiger partial charge is 0.417 e. The lowest BCUT2D eigenvalue weighted by Gasteiger charge is -2.21. The molecule has 0 saturated carbocycles. The van der Waals surface area contributed by atoms with E-state index < -0.39 is 22.7 Å². The molecule has 2 aromatic carbocycles. The normalized spacial score (nSPS) is 11.1. The van der Waals surface area contributed by atoms with Crippen molar-refractivity contribution in [2.24, 2.45) is 0 Å². The highest BCUT2D eigenvalue weighted by Gasteiger charge is 2.33. The smallest absolute Gasteiger partial charge is 0.329 e. The van der Waals surface area contributed by atoms with Gasteiger partial charge < -0.3 is 10.2 Å². The zero-order chi connectivity index (χ0) is 19.3. The van der Waals surface area contributed by atoms with Crippen LogP contribution in [0.3, 0.4) is 0 Å². The molecule has 0 fully saturated rings. The number of hydrogen-bond donors (Lipinski definition) is 1. The number of carbonyl (C=O) groups is 2. The molecule has 0 bridgehead atoms. The maximum atomic E-state index is 12.9. The number of rotatable bonds is 5. The number of nitrogens with zero attached hydrogens (tertiary/aromatic N) is 1. The monoisotopic (exact) mass is 384 g/mol. The minimum Gasteiger partial charge on any atom is -0.329 e. The first-order valence-electron chi connectivity index (χ1n) is 7.63. The summed E-state index contributed by atoms with van der Waals surface area (Å²) in [6.07, 6.45) is -4.63. The average molecular weight is 385 g/mol. The number of anilines is 1. The first-order valence-corrected chi connectivity index (χ1v) is 8.00. The summed E-state index contributed by atoms with van der Waals surface area (Å²) in [5, 5.41) is 1.91. The minimum absolute atomic E-state index is 0.0464. The van der Waals surface area contributed by atoms with Crippen molar-refractivity contribution < 1.29 is 22.8 Å². The molecule has 2 amide bonds. The Bertz CT molecular complexity index is 795. The SMILES string of the molecule is CC(=O)N(CC(=O)Nc1ccc(Cl)c(C(F)(F)F)c1)Cc1ccccc1. The van der Waals surface area contributed by atoms with Crippen molar-refractivity contribution >= 4 is 29.1 Å². The van der Waals surface area contributed by atoms with E-state index in [0.29, 0.717) is 0 Å². The van der Waals surface area contributed by atoms with Crippen molar-refractivity contribution in [3.8, 4) is 0 Å². The summed E-state index contributed by atoms with van der Waals surface area (Å²) in [6, 6.07) is 12.1. The van der Waals surface area contributed by atoms with E-state index >= 15 is 0 Å². The molecule has 1 N–H and O–H groups in total. The van der Waals surface area contributed by atoms with Gasteiger partial charge in [-0.15, -0.1) is 0 Å². The van der Waals surface area contributed by atoms with Gasteiger partial charge in [0.15, 0.2) is 0 Å². The topological polar surface area (TPSA) is 49.4 Å². The second kappa shape index (κ2) is 8.23. The Morgan fingerprint density at radius 2 is 1.77 bits per heavy atom. The van der Waals surface area contributed by atoms with E-state index in [1.165, 1.54) is 17.9 Å². The van der Waals surface area contributed by atoms with Crippen LogP contribution in [0.5, 0.6) is 0 Å². The summed E-state index contributed by atoms with van der Waals surface area (Å²) in [4.78, 5) is 25.2. The second-order valence-electron chi connectivity index (χ2n) is 5.60. The molecule has 0 aromatic heterocycles. The molecule has 26 heavy (non-hydrogen) atoms. The molecule has 2 rings (SSSR count). The molecule has 0 aliphatic rings. The molecule has 4 nitrogen and oxygen atoms in total. The Morgan fingerprint density at radius 1 is 1.12 bits per heavy atom. The molecule has 0 atom stereocenters. The van der Waals surface area contributed by atoms with Gasteiger partial charge in [0.1, 0.15) is 6.54 Å². The lowest BCUT2D eigenvalue weighted by Crippen LogP contribution is -2.36. The number of benzene rings is 2. The van der Waals surface area contributed by atoms with Gasteiger partial charge in [-0.25, -0.2) is 0 Å². The van der Waals surface area contributed by atoms with Gasteiger partial charge in [-0.1, -0.05) is 41.9 Å². The number of amides is 2. The minimum atomic E-state index is -4.63. The molecule has 0 radical (unpaired) electrons.